The van der Waals surface area contributed by atoms with Gasteiger partial charge in [-0.3, -0.25) is 9.59 Å². The first-order chi connectivity index (χ1) is 16.0. The number of hydrogen-bond donors (Lipinski definition) is 0. The molecule has 8 heteroatoms. The average molecular weight is 467 g/mol. The van der Waals surface area contributed by atoms with Crippen LogP contribution in [0.4, 0.5) is 14.5 Å². The van der Waals surface area contributed by atoms with Crippen LogP contribution in [0.3, 0.4) is 0 Å². The largest absolute Gasteiger partial charge is 0.497 e. The van der Waals surface area contributed by atoms with Crippen LogP contribution in [0.2, 0.25) is 0 Å². The fraction of sp³-hybridized carbons (Fsp3) is 0.200. The van der Waals surface area contributed by atoms with E-state index in [1.807, 2.05) is 24.3 Å². The fourth-order valence-electron chi connectivity index (χ4n) is 4.46. The van der Waals surface area contributed by atoms with Crippen LogP contribution in [-0.4, -0.2) is 36.1 Å². The Morgan fingerprint density at radius 1 is 1.06 bits per heavy atom. The van der Waals surface area contributed by atoms with Gasteiger partial charge in [-0.05, 0) is 42.0 Å². The predicted molar refractivity (Wildman–Crippen MR) is 122 cm³/mol. The Bertz CT molecular complexity index is 1270. The minimum atomic E-state index is -1.21. The van der Waals surface area contributed by atoms with Crippen LogP contribution in [0.1, 0.15) is 21.5 Å². The van der Waals surface area contributed by atoms with Gasteiger partial charge in [-0.25, -0.2) is 8.78 Å². The van der Waals surface area contributed by atoms with E-state index >= 15 is 0 Å². The number of hydrogen-bond acceptors (Lipinski definition) is 4. The number of ether oxygens (including phenoxy) is 1. The molecule has 1 saturated heterocycles. The number of amides is 2. The van der Waals surface area contributed by atoms with E-state index in [0.29, 0.717) is 34.9 Å². The summed E-state index contributed by atoms with van der Waals surface area (Å²) in [5, 5.41) is 0. The molecule has 33 heavy (non-hydrogen) atoms. The van der Waals surface area contributed by atoms with Gasteiger partial charge in [0.15, 0.2) is 16.5 Å². The quantitative estimate of drug-likeness (QED) is 0.566. The van der Waals surface area contributed by atoms with Gasteiger partial charge in [0.25, 0.3) is 11.8 Å². The van der Waals surface area contributed by atoms with Crippen molar-refractivity contribution < 1.29 is 23.1 Å². The number of benzene rings is 3. The molecular formula is C25H20F2N2O3S. The molecule has 2 amide bonds. The zero-order valence-electron chi connectivity index (χ0n) is 17.8. The summed E-state index contributed by atoms with van der Waals surface area (Å²) < 4.78 is 32.5. The molecule has 0 N–H and O–H groups in total. The molecule has 3 aromatic carbocycles. The number of fused-ring (bicyclic) bond motifs is 2. The summed E-state index contributed by atoms with van der Waals surface area (Å²) in [6.45, 7) is 0.469. The van der Waals surface area contributed by atoms with Crippen LogP contribution < -0.4 is 9.64 Å². The molecule has 2 aliphatic heterocycles. The maximum Gasteiger partial charge on any atom is 0.268 e. The van der Waals surface area contributed by atoms with Crippen LogP contribution in [0.15, 0.2) is 66.7 Å². The first-order valence-electron chi connectivity index (χ1n) is 10.4. The lowest BCUT2D eigenvalue weighted by molar-refractivity contribution is -0.123. The zero-order valence-corrected chi connectivity index (χ0v) is 18.6. The lowest BCUT2D eigenvalue weighted by Crippen LogP contribution is -2.50. The molecule has 5 rings (SSSR count). The molecule has 0 aromatic heterocycles. The van der Waals surface area contributed by atoms with E-state index in [4.69, 9.17) is 4.74 Å². The van der Waals surface area contributed by atoms with Crippen LogP contribution >= 0.6 is 11.8 Å². The van der Waals surface area contributed by atoms with E-state index < -0.39 is 16.5 Å². The maximum atomic E-state index is 13.9. The highest BCUT2D eigenvalue weighted by Gasteiger charge is 2.59. The first kappa shape index (κ1) is 21.5. The Morgan fingerprint density at radius 2 is 1.88 bits per heavy atom. The van der Waals surface area contributed by atoms with E-state index in [2.05, 4.69) is 0 Å². The van der Waals surface area contributed by atoms with E-state index in [9.17, 15) is 18.4 Å². The number of nitrogens with zero attached hydrogens (tertiary/aromatic N) is 2. The molecule has 3 aromatic rings. The molecule has 1 atom stereocenters. The summed E-state index contributed by atoms with van der Waals surface area (Å²) in [5.74, 6) is -1.30. The first-order valence-corrected chi connectivity index (χ1v) is 11.4. The van der Waals surface area contributed by atoms with Gasteiger partial charge in [-0.15, -0.1) is 11.8 Å². The third-order valence-corrected chi connectivity index (χ3v) is 7.41. The second-order valence-electron chi connectivity index (χ2n) is 7.84. The van der Waals surface area contributed by atoms with Gasteiger partial charge < -0.3 is 14.5 Å². The lowest BCUT2D eigenvalue weighted by atomic mass is 10.0. The highest BCUT2D eigenvalue weighted by atomic mass is 32.2. The van der Waals surface area contributed by atoms with Gasteiger partial charge in [0.1, 0.15) is 5.75 Å². The predicted octanol–water partition coefficient (Wildman–Crippen LogP) is 4.56. The molecule has 0 saturated carbocycles. The van der Waals surface area contributed by atoms with Crippen molar-refractivity contribution in [3.8, 4) is 5.75 Å². The van der Waals surface area contributed by atoms with E-state index in [1.165, 1.54) is 24.9 Å². The molecule has 0 radical (unpaired) electrons. The molecule has 2 aliphatic rings. The molecule has 5 nitrogen and oxygen atoms in total. The van der Waals surface area contributed by atoms with Crippen LogP contribution in [0, 0.1) is 11.6 Å². The second kappa shape index (κ2) is 8.19. The number of methoxy groups -OCH3 is 1. The molecular weight excluding hydrogens is 446 g/mol. The van der Waals surface area contributed by atoms with E-state index in [-0.39, 0.29) is 18.4 Å². The Hall–Kier alpha value is -3.39. The van der Waals surface area contributed by atoms with Gasteiger partial charge in [0, 0.05) is 23.4 Å². The Kier molecular flexibility index (Phi) is 5.32. The van der Waals surface area contributed by atoms with Crippen molar-refractivity contribution in [2.24, 2.45) is 0 Å². The molecule has 0 bridgehead atoms. The van der Waals surface area contributed by atoms with Crippen molar-refractivity contribution in [1.82, 2.24) is 4.90 Å². The average Bonchev–Trinajstić information content (AvgIpc) is 3.38. The minimum Gasteiger partial charge on any atom is -0.497 e. The van der Waals surface area contributed by atoms with Crippen molar-refractivity contribution >= 4 is 29.3 Å². The van der Waals surface area contributed by atoms with Gasteiger partial charge >= 0.3 is 0 Å². The number of halogens is 2. The fourth-order valence-corrected chi connectivity index (χ4v) is 5.92. The number of rotatable bonds is 4. The summed E-state index contributed by atoms with van der Waals surface area (Å²) in [5.41, 5.74) is 2.27. The monoisotopic (exact) mass is 466 g/mol. The summed E-state index contributed by atoms with van der Waals surface area (Å²) in [6, 6.07) is 17.8. The van der Waals surface area contributed by atoms with Crippen molar-refractivity contribution in [2.75, 3.05) is 24.3 Å². The molecule has 0 unspecified atom stereocenters. The molecule has 0 aliphatic carbocycles. The SMILES string of the molecule is COc1cccc(C(=O)N2CCS[C@@]23C(=O)N(Cc2ccc(F)c(F)c2)c2ccccc23)c1. The third kappa shape index (κ3) is 3.36. The van der Waals surface area contributed by atoms with Crippen molar-refractivity contribution in [1.29, 1.82) is 0 Å². The molecule has 2 heterocycles. The van der Waals surface area contributed by atoms with Crippen molar-refractivity contribution in [3.05, 3.63) is 95.1 Å². The number of anilines is 1. The number of carbonyl (C=O) groups is 2. The highest BCUT2D eigenvalue weighted by molar-refractivity contribution is 8.01. The van der Waals surface area contributed by atoms with Crippen LogP contribution in [0.5, 0.6) is 5.75 Å². The molecule has 1 spiro atoms. The number of para-hydroxylation sites is 1. The van der Waals surface area contributed by atoms with Crippen molar-refractivity contribution in [2.45, 2.75) is 11.4 Å². The van der Waals surface area contributed by atoms with E-state index in [0.717, 1.165) is 17.7 Å². The standard InChI is InChI=1S/C25H20F2N2O3S/c1-32-18-6-4-5-17(14-18)23(30)29-11-12-33-25(29)19-7-2-3-8-22(19)28(24(25)31)15-16-9-10-20(26)21(27)13-16/h2-10,13-14H,11-12,15H2,1H3/t25-/m0/s1. The number of thioether (sulfide) groups is 1. The minimum absolute atomic E-state index is 0.0660. The summed E-state index contributed by atoms with van der Waals surface area (Å²) in [7, 11) is 1.53. The molecule has 168 valence electrons. The second-order valence-corrected chi connectivity index (χ2v) is 9.13. The van der Waals surface area contributed by atoms with Gasteiger partial charge in [0.05, 0.1) is 19.3 Å². The van der Waals surface area contributed by atoms with E-state index in [1.54, 1.807) is 34.1 Å². The van der Waals surface area contributed by atoms with Crippen LogP contribution in [0.25, 0.3) is 0 Å². The number of carbonyl (C=O) groups excluding carboxylic acids is 2. The summed E-state index contributed by atoms with van der Waals surface area (Å²) >= 11 is 1.41. The Labute approximate surface area is 193 Å². The molecule has 1 fully saturated rings. The lowest BCUT2D eigenvalue weighted by Gasteiger charge is -2.33. The van der Waals surface area contributed by atoms with Crippen LogP contribution in [-0.2, 0) is 16.2 Å². The summed E-state index contributed by atoms with van der Waals surface area (Å²) in [4.78, 5) is 29.4. The highest BCUT2D eigenvalue weighted by Crippen LogP contribution is 2.54. The summed E-state index contributed by atoms with van der Waals surface area (Å²) in [6.07, 6.45) is 0. The zero-order chi connectivity index (χ0) is 23.2. The smallest absolute Gasteiger partial charge is 0.268 e. The van der Waals surface area contributed by atoms with Gasteiger partial charge in [0.2, 0.25) is 0 Å². The van der Waals surface area contributed by atoms with Gasteiger partial charge in [-0.1, -0.05) is 30.3 Å². The normalized spacial score (nSPS) is 19.3. The van der Waals surface area contributed by atoms with Gasteiger partial charge in [-0.2, -0.15) is 0 Å². The maximum absolute atomic E-state index is 13.9. The Morgan fingerprint density at radius 3 is 2.67 bits per heavy atom. The van der Waals surface area contributed by atoms with Crippen molar-refractivity contribution in [3.63, 3.8) is 0 Å². The topological polar surface area (TPSA) is 49.9 Å². The third-order valence-electron chi connectivity index (χ3n) is 5.99. The Balaban J connectivity index is 1.56.